The third-order valence-corrected chi connectivity index (χ3v) is 3.07. The van der Waals surface area contributed by atoms with Crippen LogP contribution in [0, 0.1) is 5.92 Å². The van der Waals surface area contributed by atoms with Gasteiger partial charge in [0.15, 0.2) is 0 Å². The molecule has 0 aliphatic carbocycles. The van der Waals surface area contributed by atoms with Crippen molar-refractivity contribution >= 4 is 0 Å². The predicted molar refractivity (Wildman–Crippen MR) is 64.1 cm³/mol. The SMILES string of the molecule is COCC(C)CNC(C)CC1CCCN1. The van der Waals surface area contributed by atoms with Crippen molar-refractivity contribution in [1.29, 1.82) is 0 Å². The van der Waals surface area contributed by atoms with E-state index >= 15 is 0 Å². The zero-order chi connectivity index (χ0) is 11.1. The number of methoxy groups -OCH3 is 1. The van der Waals surface area contributed by atoms with E-state index in [2.05, 4.69) is 24.5 Å². The molecule has 0 aromatic heterocycles. The van der Waals surface area contributed by atoms with Crippen LogP contribution < -0.4 is 10.6 Å². The van der Waals surface area contributed by atoms with E-state index in [0.29, 0.717) is 12.0 Å². The van der Waals surface area contributed by atoms with Gasteiger partial charge in [-0.05, 0) is 38.6 Å². The molecule has 1 rings (SSSR count). The summed E-state index contributed by atoms with van der Waals surface area (Å²) in [6.45, 7) is 7.61. The van der Waals surface area contributed by atoms with Crippen molar-refractivity contribution in [3.05, 3.63) is 0 Å². The van der Waals surface area contributed by atoms with Gasteiger partial charge in [-0.3, -0.25) is 0 Å². The van der Waals surface area contributed by atoms with Crippen molar-refractivity contribution in [1.82, 2.24) is 10.6 Å². The Kier molecular flexibility index (Phi) is 6.22. The van der Waals surface area contributed by atoms with Crippen LogP contribution in [0.2, 0.25) is 0 Å². The quantitative estimate of drug-likeness (QED) is 0.672. The number of hydrogen-bond donors (Lipinski definition) is 2. The lowest BCUT2D eigenvalue weighted by atomic mass is 10.1. The monoisotopic (exact) mass is 214 g/mol. The van der Waals surface area contributed by atoms with Gasteiger partial charge in [-0.15, -0.1) is 0 Å². The van der Waals surface area contributed by atoms with Crippen molar-refractivity contribution < 1.29 is 4.74 Å². The van der Waals surface area contributed by atoms with Gasteiger partial charge < -0.3 is 15.4 Å². The number of hydrogen-bond acceptors (Lipinski definition) is 3. The summed E-state index contributed by atoms with van der Waals surface area (Å²) < 4.78 is 5.12. The molecule has 0 aromatic rings. The van der Waals surface area contributed by atoms with Crippen LogP contribution in [0.15, 0.2) is 0 Å². The molecule has 1 aliphatic heterocycles. The minimum absolute atomic E-state index is 0.606. The van der Waals surface area contributed by atoms with E-state index in [9.17, 15) is 0 Å². The molecule has 3 atom stereocenters. The van der Waals surface area contributed by atoms with Crippen molar-refractivity contribution in [2.24, 2.45) is 5.92 Å². The fourth-order valence-electron chi connectivity index (χ4n) is 2.21. The third kappa shape index (κ3) is 5.50. The smallest absolute Gasteiger partial charge is 0.0499 e. The average Bonchev–Trinajstić information content (AvgIpc) is 2.68. The Hall–Kier alpha value is -0.120. The van der Waals surface area contributed by atoms with Gasteiger partial charge in [0.25, 0.3) is 0 Å². The van der Waals surface area contributed by atoms with Gasteiger partial charge in [-0.1, -0.05) is 6.92 Å². The molecule has 1 saturated heterocycles. The predicted octanol–water partition coefficient (Wildman–Crippen LogP) is 1.39. The number of rotatable bonds is 7. The highest BCUT2D eigenvalue weighted by atomic mass is 16.5. The van der Waals surface area contributed by atoms with Crippen molar-refractivity contribution in [3.63, 3.8) is 0 Å². The Morgan fingerprint density at radius 1 is 1.47 bits per heavy atom. The van der Waals surface area contributed by atoms with Crippen LogP contribution >= 0.6 is 0 Å². The zero-order valence-electron chi connectivity index (χ0n) is 10.4. The summed E-state index contributed by atoms with van der Waals surface area (Å²) in [4.78, 5) is 0. The second kappa shape index (κ2) is 7.20. The molecule has 90 valence electrons. The Morgan fingerprint density at radius 2 is 2.27 bits per heavy atom. The van der Waals surface area contributed by atoms with Crippen LogP contribution in [-0.2, 0) is 4.74 Å². The Balaban J connectivity index is 2.04. The summed E-state index contributed by atoms with van der Waals surface area (Å²) in [6.07, 6.45) is 3.94. The highest BCUT2D eigenvalue weighted by Crippen LogP contribution is 2.10. The molecule has 3 unspecified atom stereocenters. The first-order valence-electron chi connectivity index (χ1n) is 6.18. The van der Waals surface area contributed by atoms with Crippen LogP contribution in [0.4, 0.5) is 0 Å². The molecule has 1 heterocycles. The second-order valence-corrected chi connectivity index (χ2v) is 4.90. The number of nitrogens with one attached hydrogen (secondary N) is 2. The van der Waals surface area contributed by atoms with Crippen molar-refractivity contribution in [2.75, 3.05) is 26.8 Å². The molecular weight excluding hydrogens is 188 g/mol. The molecule has 3 nitrogen and oxygen atoms in total. The highest BCUT2D eigenvalue weighted by molar-refractivity contribution is 4.78. The first-order chi connectivity index (χ1) is 7.22. The fourth-order valence-corrected chi connectivity index (χ4v) is 2.21. The van der Waals surface area contributed by atoms with Gasteiger partial charge in [0.05, 0.1) is 0 Å². The van der Waals surface area contributed by atoms with Crippen molar-refractivity contribution in [3.8, 4) is 0 Å². The lowest BCUT2D eigenvalue weighted by molar-refractivity contribution is 0.156. The van der Waals surface area contributed by atoms with E-state index in [-0.39, 0.29) is 0 Å². The lowest BCUT2D eigenvalue weighted by Gasteiger charge is -2.20. The highest BCUT2D eigenvalue weighted by Gasteiger charge is 2.16. The summed E-state index contributed by atoms with van der Waals surface area (Å²) in [5.41, 5.74) is 0. The third-order valence-electron chi connectivity index (χ3n) is 3.07. The molecule has 2 N–H and O–H groups in total. The Labute approximate surface area is 94.0 Å². The summed E-state index contributed by atoms with van der Waals surface area (Å²) in [5, 5.41) is 7.11. The van der Waals surface area contributed by atoms with Crippen molar-refractivity contribution in [2.45, 2.75) is 45.2 Å². The molecule has 1 aliphatic rings. The van der Waals surface area contributed by atoms with E-state index in [1.54, 1.807) is 7.11 Å². The van der Waals surface area contributed by atoms with Gasteiger partial charge in [-0.2, -0.15) is 0 Å². The van der Waals surface area contributed by atoms with E-state index < -0.39 is 0 Å². The molecular formula is C12H26N2O. The molecule has 3 heteroatoms. The van der Waals surface area contributed by atoms with Crippen LogP contribution in [0.5, 0.6) is 0 Å². The largest absolute Gasteiger partial charge is 0.384 e. The Morgan fingerprint density at radius 3 is 2.87 bits per heavy atom. The lowest BCUT2D eigenvalue weighted by Crippen LogP contribution is -2.36. The molecule has 0 bridgehead atoms. The molecule has 0 spiro atoms. The summed E-state index contributed by atoms with van der Waals surface area (Å²) in [7, 11) is 1.77. The maximum absolute atomic E-state index is 5.12. The van der Waals surface area contributed by atoms with E-state index in [4.69, 9.17) is 4.74 Å². The minimum atomic E-state index is 0.606. The van der Waals surface area contributed by atoms with E-state index in [1.165, 1.54) is 25.8 Å². The van der Waals surface area contributed by atoms with Crippen LogP contribution in [0.3, 0.4) is 0 Å². The molecule has 0 radical (unpaired) electrons. The van der Waals surface area contributed by atoms with Gasteiger partial charge in [0, 0.05) is 32.3 Å². The summed E-state index contributed by atoms with van der Waals surface area (Å²) in [6, 6.07) is 1.35. The maximum Gasteiger partial charge on any atom is 0.0499 e. The van der Waals surface area contributed by atoms with Gasteiger partial charge in [0.2, 0.25) is 0 Å². The Bertz CT molecular complexity index is 158. The molecule has 0 amide bonds. The topological polar surface area (TPSA) is 33.3 Å². The fraction of sp³-hybridized carbons (Fsp3) is 1.00. The van der Waals surface area contributed by atoms with Crippen LogP contribution in [0.25, 0.3) is 0 Å². The standard InChI is InChI=1S/C12H26N2O/c1-10(9-15-3)8-14-11(2)7-12-5-4-6-13-12/h10-14H,4-9H2,1-3H3. The normalized spacial score (nSPS) is 25.4. The molecule has 1 fully saturated rings. The molecule has 0 saturated carbocycles. The molecule has 15 heavy (non-hydrogen) atoms. The summed E-state index contributed by atoms with van der Waals surface area (Å²) >= 11 is 0. The first-order valence-corrected chi connectivity index (χ1v) is 6.18. The van der Waals surface area contributed by atoms with Gasteiger partial charge in [-0.25, -0.2) is 0 Å². The zero-order valence-corrected chi connectivity index (χ0v) is 10.4. The van der Waals surface area contributed by atoms with E-state index in [0.717, 1.165) is 19.2 Å². The van der Waals surface area contributed by atoms with Crippen LogP contribution in [-0.4, -0.2) is 38.9 Å². The minimum Gasteiger partial charge on any atom is -0.384 e. The van der Waals surface area contributed by atoms with Gasteiger partial charge in [0.1, 0.15) is 0 Å². The average molecular weight is 214 g/mol. The second-order valence-electron chi connectivity index (χ2n) is 4.90. The van der Waals surface area contributed by atoms with Gasteiger partial charge >= 0.3 is 0 Å². The summed E-state index contributed by atoms with van der Waals surface area (Å²) in [5.74, 6) is 0.606. The number of ether oxygens (including phenoxy) is 1. The maximum atomic E-state index is 5.12. The molecule has 0 aromatic carbocycles. The first kappa shape index (κ1) is 12.9. The van der Waals surface area contributed by atoms with Crippen LogP contribution in [0.1, 0.15) is 33.1 Å². The van der Waals surface area contributed by atoms with E-state index in [1.807, 2.05) is 0 Å².